The molecule has 2 amide bonds. The van der Waals surface area contributed by atoms with E-state index in [2.05, 4.69) is 10.3 Å². The normalized spacial score (nSPS) is 21.1. The molecule has 1 aliphatic rings. The summed E-state index contributed by atoms with van der Waals surface area (Å²) in [5, 5.41) is 2.49. The van der Waals surface area contributed by atoms with Crippen molar-refractivity contribution in [3.63, 3.8) is 0 Å². The number of nitrogens with zero attached hydrogens (tertiary/aromatic N) is 2. The molecule has 2 rings (SSSR count). The quantitative estimate of drug-likeness (QED) is 0.880. The van der Waals surface area contributed by atoms with Gasteiger partial charge in [0, 0.05) is 13.7 Å². The van der Waals surface area contributed by atoms with Crippen molar-refractivity contribution < 1.29 is 22.7 Å². The molecule has 0 saturated carbocycles. The van der Waals surface area contributed by atoms with E-state index in [4.69, 9.17) is 4.74 Å². The molecule has 1 N–H and O–H groups in total. The highest BCUT2D eigenvalue weighted by Gasteiger charge is 2.43. The van der Waals surface area contributed by atoms with Crippen LogP contribution in [0.5, 0.6) is 0 Å². The number of hydrogen-bond acceptors (Lipinski definition) is 3. The Kier molecular flexibility index (Phi) is 5.69. The van der Waals surface area contributed by atoms with E-state index in [9.17, 15) is 18.0 Å². The fourth-order valence-corrected chi connectivity index (χ4v) is 3.31. The van der Waals surface area contributed by atoms with Crippen LogP contribution >= 0.6 is 0 Å². The third-order valence-corrected chi connectivity index (χ3v) is 4.24. The largest absolute Gasteiger partial charge is 0.433 e. The highest BCUT2D eigenvalue weighted by atomic mass is 19.4. The first kappa shape index (κ1) is 18.5. The third-order valence-electron chi connectivity index (χ3n) is 4.24. The fourth-order valence-electron chi connectivity index (χ4n) is 3.31. The number of alkyl halides is 3. The van der Waals surface area contributed by atoms with Crippen molar-refractivity contribution >= 4 is 11.8 Å². The van der Waals surface area contributed by atoms with Gasteiger partial charge in [0.2, 0.25) is 0 Å². The van der Waals surface area contributed by atoms with Gasteiger partial charge in [-0.05, 0) is 31.4 Å². The van der Waals surface area contributed by atoms with Crippen LogP contribution in [0.2, 0.25) is 0 Å². The molecule has 1 unspecified atom stereocenters. The maximum atomic E-state index is 12.7. The predicted octanol–water partition coefficient (Wildman–Crippen LogP) is 3.91. The summed E-state index contributed by atoms with van der Waals surface area (Å²) in [7, 11) is 1.58. The van der Waals surface area contributed by atoms with Crippen LogP contribution < -0.4 is 5.32 Å². The third kappa shape index (κ3) is 3.98. The summed E-state index contributed by atoms with van der Waals surface area (Å²) in [6.07, 6.45) is -1.22. The number of aromatic nitrogens is 1. The average Bonchev–Trinajstić information content (AvgIpc) is 2.91. The molecule has 0 spiro atoms. The van der Waals surface area contributed by atoms with E-state index >= 15 is 0 Å². The molecule has 1 saturated heterocycles. The van der Waals surface area contributed by atoms with Crippen molar-refractivity contribution in [1.29, 1.82) is 0 Å². The summed E-state index contributed by atoms with van der Waals surface area (Å²) in [5.41, 5.74) is -1.44. The van der Waals surface area contributed by atoms with Gasteiger partial charge in [0.25, 0.3) is 0 Å². The number of pyridine rings is 1. The van der Waals surface area contributed by atoms with Crippen LogP contribution in [0.4, 0.5) is 23.8 Å². The molecule has 0 aromatic carbocycles. The molecule has 1 aliphatic heterocycles. The molecule has 2 heterocycles. The van der Waals surface area contributed by atoms with Crippen LogP contribution in [0.15, 0.2) is 18.2 Å². The van der Waals surface area contributed by atoms with Gasteiger partial charge in [-0.3, -0.25) is 5.32 Å². The lowest BCUT2D eigenvalue weighted by Gasteiger charge is -2.38. The van der Waals surface area contributed by atoms with Crippen LogP contribution in [-0.2, 0) is 10.9 Å². The van der Waals surface area contributed by atoms with Crippen molar-refractivity contribution in [1.82, 2.24) is 9.88 Å². The summed E-state index contributed by atoms with van der Waals surface area (Å²) < 4.78 is 43.5. The maximum Gasteiger partial charge on any atom is 0.433 e. The Bertz CT molecular complexity index is 572. The monoisotopic (exact) mass is 345 g/mol. The average molecular weight is 345 g/mol. The number of likely N-dealkylation sites (tertiary alicyclic amines) is 1. The van der Waals surface area contributed by atoms with E-state index < -0.39 is 23.4 Å². The van der Waals surface area contributed by atoms with Crippen molar-refractivity contribution in [2.45, 2.75) is 44.3 Å². The summed E-state index contributed by atoms with van der Waals surface area (Å²) >= 11 is 0. The number of halogens is 3. The van der Waals surface area contributed by atoms with Gasteiger partial charge in [-0.15, -0.1) is 0 Å². The number of carbonyl (C=O) groups excluding carboxylic acids is 1. The first-order valence-electron chi connectivity index (χ1n) is 7.94. The Morgan fingerprint density at radius 2 is 2.21 bits per heavy atom. The van der Waals surface area contributed by atoms with E-state index in [1.807, 2.05) is 6.92 Å². The summed E-state index contributed by atoms with van der Waals surface area (Å²) in [4.78, 5) is 17.7. The smallest absolute Gasteiger partial charge is 0.382 e. The van der Waals surface area contributed by atoms with Gasteiger partial charge in [-0.25, -0.2) is 9.78 Å². The van der Waals surface area contributed by atoms with Gasteiger partial charge < -0.3 is 9.64 Å². The number of ether oxygens (including phenoxy) is 1. The second kappa shape index (κ2) is 7.38. The maximum absolute atomic E-state index is 12.7. The number of anilines is 1. The van der Waals surface area contributed by atoms with Crippen molar-refractivity contribution in [2.75, 3.05) is 25.6 Å². The summed E-state index contributed by atoms with van der Waals surface area (Å²) in [6, 6.07) is 3.01. The SMILES string of the molecule is CCCC1(COC)CCCN1C(=O)Nc1cccc(C(F)(F)F)n1. The van der Waals surface area contributed by atoms with E-state index in [0.717, 1.165) is 31.7 Å². The Morgan fingerprint density at radius 3 is 2.83 bits per heavy atom. The molecule has 0 radical (unpaired) electrons. The molecule has 8 heteroatoms. The van der Waals surface area contributed by atoms with E-state index in [0.29, 0.717) is 13.2 Å². The van der Waals surface area contributed by atoms with Crippen LogP contribution in [0, 0.1) is 0 Å². The molecule has 24 heavy (non-hydrogen) atoms. The molecule has 1 atom stereocenters. The van der Waals surface area contributed by atoms with E-state index in [1.54, 1.807) is 12.0 Å². The van der Waals surface area contributed by atoms with Crippen LogP contribution in [0.3, 0.4) is 0 Å². The minimum atomic E-state index is -4.55. The molecule has 5 nitrogen and oxygen atoms in total. The van der Waals surface area contributed by atoms with E-state index in [1.165, 1.54) is 12.1 Å². The predicted molar refractivity (Wildman–Crippen MR) is 83.7 cm³/mol. The molecule has 1 aromatic heterocycles. The fraction of sp³-hybridized carbons (Fsp3) is 0.625. The second-order valence-corrected chi connectivity index (χ2v) is 6.00. The number of nitrogens with one attached hydrogen (secondary N) is 1. The summed E-state index contributed by atoms with van der Waals surface area (Å²) in [6.45, 7) is 2.98. The molecule has 0 aliphatic carbocycles. The molecular weight excluding hydrogens is 323 g/mol. The Morgan fingerprint density at radius 1 is 1.46 bits per heavy atom. The molecule has 1 fully saturated rings. The van der Waals surface area contributed by atoms with Gasteiger partial charge in [-0.1, -0.05) is 19.4 Å². The highest BCUT2D eigenvalue weighted by molar-refractivity contribution is 5.89. The zero-order valence-electron chi connectivity index (χ0n) is 13.8. The lowest BCUT2D eigenvalue weighted by atomic mass is 9.91. The highest BCUT2D eigenvalue weighted by Crippen LogP contribution is 2.34. The zero-order chi connectivity index (χ0) is 17.8. The van der Waals surface area contributed by atoms with E-state index in [-0.39, 0.29) is 5.82 Å². The second-order valence-electron chi connectivity index (χ2n) is 6.00. The van der Waals surface area contributed by atoms with Crippen molar-refractivity contribution in [3.8, 4) is 0 Å². The van der Waals surface area contributed by atoms with Gasteiger partial charge >= 0.3 is 12.2 Å². The Balaban J connectivity index is 2.16. The zero-order valence-corrected chi connectivity index (χ0v) is 13.8. The molecule has 0 bridgehead atoms. The van der Waals surface area contributed by atoms with Crippen molar-refractivity contribution in [3.05, 3.63) is 23.9 Å². The standard InChI is InChI=1S/C16H22F3N3O2/c1-3-8-15(11-24-2)9-5-10-22(15)14(23)21-13-7-4-6-12(20-13)16(17,18)19/h4,6-7H,3,5,8-11H2,1-2H3,(H,20,21,23). The lowest BCUT2D eigenvalue weighted by Crippen LogP contribution is -2.52. The minimum Gasteiger partial charge on any atom is -0.382 e. The van der Waals surface area contributed by atoms with Gasteiger partial charge in [0.15, 0.2) is 0 Å². The number of carbonyl (C=O) groups is 1. The van der Waals surface area contributed by atoms with Gasteiger partial charge in [-0.2, -0.15) is 13.2 Å². The first-order chi connectivity index (χ1) is 11.3. The summed E-state index contributed by atoms with van der Waals surface area (Å²) in [5.74, 6) is -0.107. The molecule has 1 aromatic rings. The Labute approximate surface area is 139 Å². The minimum absolute atomic E-state index is 0.107. The van der Waals surface area contributed by atoms with Gasteiger partial charge in [0.05, 0.1) is 12.1 Å². The first-order valence-corrected chi connectivity index (χ1v) is 7.94. The topological polar surface area (TPSA) is 54.5 Å². The number of rotatable bonds is 5. The van der Waals surface area contributed by atoms with Crippen molar-refractivity contribution in [2.24, 2.45) is 0 Å². The van der Waals surface area contributed by atoms with Crippen LogP contribution in [-0.4, -0.2) is 41.7 Å². The number of amides is 2. The Hall–Kier alpha value is -1.83. The number of urea groups is 1. The lowest BCUT2D eigenvalue weighted by molar-refractivity contribution is -0.141. The molecule has 134 valence electrons. The number of methoxy groups -OCH3 is 1. The van der Waals surface area contributed by atoms with Crippen LogP contribution in [0.1, 0.15) is 38.3 Å². The van der Waals surface area contributed by atoms with Crippen LogP contribution in [0.25, 0.3) is 0 Å². The van der Waals surface area contributed by atoms with Gasteiger partial charge in [0.1, 0.15) is 11.5 Å². The molecular formula is C16H22F3N3O2. The number of hydrogen-bond donors (Lipinski definition) is 1.